The van der Waals surface area contributed by atoms with E-state index in [4.69, 9.17) is 44.5 Å². The highest BCUT2D eigenvalue weighted by atomic mass is 35.5. The molecule has 0 fully saturated rings. The number of halogens is 3. The first kappa shape index (κ1) is 14.1. The number of hydrogen-bond donors (Lipinski definition) is 0. The minimum absolute atomic E-state index is 0.492. The molecular weight excluding hydrogens is 296 g/mol. The van der Waals surface area contributed by atoms with Crippen molar-refractivity contribution in [2.45, 2.75) is 12.8 Å². The lowest BCUT2D eigenvalue weighted by Crippen LogP contribution is -2.14. The van der Waals surface area contributed by atoms with E-state index >= 15 is 0 Å². The summed E-state index contributed by atoms with van der Waals surface area (Å²) in [5.74, 6) is 0.983. The molecule has 2 rings (SSSR count). The summed E-state index contributed by atoms with van der Waals surface area (Å²) in [6.45, 7) is 1.47. The minimum atomic E-state index is 0.492. The summed E-state index contributed by atoms with van der Waals surface area (Å²) < 4.78 is 12.3. The molecule has 1 aromatic rings. The second-order valence-corrected chi connectivity index (χ2v) is 5.30. The van der Waals surface area contributed by atoms with Crippen LogP contribution in [0.25, 0.3) is 0 Å². The molecule has 1 aliphatic rings. The molecule has 1 heterocycles. The summed E-state index contributed by atoms with van der Waals surface area (Å²) in [4.78, 5) is 0. The first-order chi connectivity index (χ1) is 8.60. The van der Waals surface area contributed by atoms with E-state index in [1.54, 1.807) is 18.6 Å². The van der Waals surface area contributed by atoms with Crippen molar-refractivity contribution >= 4 is 35.0 Å². The van der Waals surface area contributed by atoms with Crippen molar-refractivity contribution in [3.8, 4) is 11.5 Å². The zero-order valence-corrected chi connectivity index (χ0v) is 12.5. The lowest BCUT2D eigenvalue weighted by Gasteiger charge is -2.17. The molecule has 1 aliphatic heterocycles. The van der Waals surface area contributed by atoms with Gasteiger partial charge in [0.2, 0.25) is 0 Å². The molecule has 0 spiro atoms. The van der Waals surface area contributed by atoms with Gasteiger partial charge in [-0.15, -0.1) is 0 Å². The van der Waals surface area contributed by atoms with Gasteiger partial charge in [0.15, 0.2) is 11.5 Å². The monoisotopic (exact) mass is 309 g/mol. The average molecular weight is 311 g/mol. The van der Waals surface area contributed by atoms with E-state index in [0.717, 1.165) is 37.1 Å². The first-order valence-corrected chi connectivity index (χ1v) is 6.71. The molecule has 0 saturated heterocycles. The molecule has 6 heteroatoms. The highest BCUT2D eigenvalue weighted by Gasteiger charge is 2.25. The zero-order chi connectivity index (χ0) is 13.3. The van der Waals surface area contributed by atoms with Crippen LogP contribution >= 0.6 is 35.0 Å². The highest BCUT2D eigenvalue weighted by Crippen LogP contribution is 2.46. The van der Waals surface area contributed by atoms with E-state index < -0.39 is 0 Å². The summed E-state index contributed by atoms with van der Waals surface area (Å²) in [6.07, 6.45) is 1.50. The smallest absolute Gasteiger partial charge is 0.181 e. The van der Waals surface area contributed by atoms with Gasteiger partial charge < -0.3 is 9.47 Å². The van der Waals surface area contributed by atoms with Crippen molar-refractivity contribution in [3.05, 3.63) is 21.2 Å². The quantitative estimate of drug-likeness (QED) is 0.780. The SMILES string of the molecule is COc1c(Cl)c2c(c(Cl)c1OC)CCN(Cl)CC2. The lowest BCUT2D eigenvalue weighted by molar-refractivity contribution is 0.354. The Morgan fingerprint density at radius 1 is 0.889 bits per heavy atom. The van der Waals surface area contributed by atoms with Crippen LogP contribution in [-0.2, 0) is 12.8 Å². The molecular formula is C12H14Cl3NO2. The van der Waals surface area contributed by atoms with Crippen LogP contribution in [0.3, 0.4) is 0 Å². The van der Waals surface area contributed by atoms with Crippen LogP contribution in [0.2, 0.25) is 10.0 Å². The first-order valence-electron chi connectivity index (χ1n) is 5.61. The third-order valence-electron chi connectivity index (χ3n) is 3.12. The summed E-state index contributed by atoms with van der Waals surface area (Å²) in [7, 11) is 3.11. The molecule has 0 atom stereocenters. The van der Waals surface area contributed by atoms with E-state index in [0.29, 0.717) is 21.5 Å². The fraction of sp³-hybridized carbons (Fsp3) is 0.500. The van der Waals surface area contributed by atoms with Gasteiger partial charge in [-0.05, 0) is 35.7 Å². The Balaban J connectivity index is 2.61. The third-order valence-corrected chi connectivity index (χ3v) is 4.25. The predicted molar refractivity (Wildman–Crippen MR) is 74.4 cm³/mol. The van der Waals surface area contributed by atoms with Crippen molar-refractivity contribution < 1.29 is 9.47 Å². The topological polar surface area (TPSA) is 21.7 Å². The number of methoxy groups -OCH3 is 2. The fourth-order valence-corrected chi connectivity index (χ4v) is 3.11. The minimum Gasteiger partial charge on any atom is -0.491 e. The zero-order valence-electron chi connectivity index (χ0n) is 10.2. The van der Waals surface area contributed by atoms with Crippen LogP contribution in [0.4, 0.5) is 0 Å². The standard InChI is InChI=1S/C12H14Cl3NO2/c1-17-11-9(13)7-3-5-16(15)6-4-8(7)10(14)12(11)18-2/h3-6H2,1-2H3. The summed E-state index contributed by atoms with van der Waals surface area (Å²) in [5.41, 5.74) is 2.00. The Morgan fingerprint density at radius 2 is 1.28 bits per heavy atom. The number of benzene rings is 1. The second kappa shape index (κ2) is 5.74. The molecule has 0 unspecified atom stereocenters. The van der Waals surface area contributed by atoms with Gasteiger partial charge in [-0.3, -0.25) is 0 Å². The van der Waals surface area contributed by atoms with Crippen LogP contribution in [-0.4, -0.2) is 31.7 Å². The molecule has 0 aromatic heterocycles. The molecule has 18 heavy (non-hydrogen) atoms. The van der Waals surface area contributed by atoms with Gasteiger partial charge in [0, 0.05) is 13.1 Å². The fourth-order valence-electron chi connectivity index (χ4n) is 2.20. The molecule has 1 aromatic carbocycles. The lowest BCUT2D eigenvalue weighted by atomic mass is 10.0. The van der Waals surface area contributed by atoms with Gasteiger partial charge in [0.1, 0.15) is 0 Å². The van der Waals surface area contributed by atoms with Crippen molar-refractivity contribution in [2.24, 2.45) is 0 Å². The Hall–Kier alpha value is -0.350. The molecule has 3 nitrogen and oxygen atoms in total. The van der Waals surface area contributed by atoms with E-state index in [-0.39, 0.29) is 0 Å². The largest absolute Gasteiger partial charge is 0.491 e. The maximum Gasteiger partial charge on any atom is 0.181 e. The van der Waals surface area contributed by atoms with Crippen molar-refractivity contribution in [3.63, 3.8) is 0 Å². The van der Waals surface area contributed by atoms with E-state index in [1.165, 1.54) is 0 Å². The van der Waals surface area contributed by atoms with Crippen molar-refractivity contribution in [2.75, 3.05) is 27.3 Å². The van der Waals surface area contributed by atoms with Crippen molar-refractivity contribution in [1.82, 2.24) is 4.42 Å². The predicted octanol–water partition coefficient (Wildman–Crippen LogP) is 3.57. The maximum atomic E-state index is 6.38. The van der Waals surface area contributed by atoms with E-state index in [9.17, 15) is 0 Å². The molecule has 0 N–H and O–H groups in total. The van der Waals surface area contributed by atoms with Gasteiger partial charge in [-0.1, -0.05) is 23.2 Å². The van der Waals surface area contributed by atoms with Crippen LogP contribution in [0, 0.1) is 0 Å². The summed E-state index contributed by atoms with van der Waals surface area (Å²) in [6, 6.07) is 0. The average Bonchev–Trinajstić information content (AvgIpc) is 2.56. The van der Waals surface area contributed by atoms with Crippen molar-refractivity contribution in [1.29, 1.82) is 0 Å². The number of hydrogen-bond acceptors (Lipinski definition) is 3. The van der Waals surface area contributed by atoms with E-state index in [1.807, 2.05) is 0 Å². The number of fused-ring (bicyclic) bond motifs is 1. The van der Waals surface area contributed by atoms with Crippen LogP contribution < -0.4 is 9.47 Å². The van der Waals surface area contributed by atoms with Gasteiger partial charge in [-0.2, -0.15) is 0 Å². The molecule has 0 aliphatic carbocycles. The summed E-state index contributed by atoms with van der Waals surface area (Å²) >= 11 is 18.8. The number of nitrogens with zero attached hydrogens (tertiary/aromatic N) is 1. The van der Waals surface area contributed by atoms with Gasteiger partial charge in [0.25, 0.3) is 0 Å². The maximum absolute atomic E-state index is 6.38. The van der Waals surface area contributed by atoms with Crippen LogP contribution in [0.15, 0.2) is 0 Å². The molecule has 0 bridgehead atoms. The Morgan fingerprint density at radius 3 is 1.61 bits per heavy atom. The Labute approximate surface area is 122 Å². The summed E-state index contributed by atoms with van der Waals surface area (Å²) in [5, 5.41) is 1.14. The van der Waals surface area contributed by atoms with Crippen LogP contribution in [0.5, 0.6) is 11.5 Å². The number of rotatable bonds is 2. The molecule has 0 amide bonds. The third kappa shape index (κ3) is 2.37. The normalized spacial score (nSPS) is 16.1. The second-order valence-electron chi connectivity index (χ2n) is 4.06. The van der Waals surface area contributed by atoms with E-state index in [2.05, 4.69) is 0 Å². The van der Waals surface area contributed by atoms with Gasteiger partial charge in [0.05, 0.1) is 24.3 Å². The number of ether oxygens (including phenoxy) is 2. The van der Waals surface area contributed by atoms with Gasteiger partial charge in [-0.25, -0.2) is 4.42 Å². The Bertz CT molecular complexity index is 424. The molecule has 0 radical (unpaired) electrons. The Kier molecular flexibility index (Phi) is 4.49. The van der Waals surface area contributed by atoms with Crippen LogP contribution in [0.1, 0.15) is 11.1 Å². The highest BCUT2D eigenvalue weighted by molar-refractivity contribution is 6.37. The molecule has 0 saturated carbocycles. The molecule has 100 valence electrons. The van der Waals surface area contributed by atoms with Gasteiger partial charge >= 0.3 is 0 Å².